The average Bonchev–Trinajstić information content (AvgIpc) is 2.03. The summed E-state index contributed by atoms with van der Waals surface area (Å²) in [6, 6.07) is 0. The van der Waals surface area contributed by atoms with E-state index in [1.54, 1.807) is 0 Å². The molecule has 0 radical (unpaired) electrons. The second-order valence-electron chi connectivity index (χ2n) is 3.15. The molecule has 0 aliphatic carbocycles. The molecule has 2 nitrogen and oxygen atoms in total. The molecule has 64 valence electrons. The van der Waals surface area contributed by atoms with E-state index in [9.17, 15) is 0 Å². The molecule has 1 atom stereocenters. The summed E-state index contributed by atoms with van der Waals surface area (Å²) in [5.74, 6) is 0. The van der Waals surface area contributed by atoms with Crippen molar-refractivity contribution in [1.29, 1.82) is 0 Å². The van der Waals surface area contributed by atoms with Crippen LogP contribution in [0.2, 0.25) is 0 Å². The van der Waals surface area contributed by atoms with Gasteiger partial charge in [-0.25, -0.2) is 0 Å². The highest BCUT2D eigenvalue weighted by atomic mass is 16.5. The first-order valence-electron chi connectivity index (χ1n) is 4.30. The predicted octanol–water partition coefficient (Wildman–Crippen LogP) is 1.68. The van der Waals surface area contributed by atoms with Crippen LogP contribution in [-0.2, 0) is 4.74 Å². The molecule has 1 heterocycles. The summed E-state index contributed by atoms with van der Waals surface area (Å²) in [4.78, 5) is 0. The van der Waals surface area contributed by atoms with E-state index < -0.39 is 0 Å². The Bertz CT molecular complexity index is 128. The van der Waals surface area contributed by atoms with Gasteiger partial charge in [0.25, 0.3) is 0 Å². The summed E-state index contributed by atoms with van der Waals surface area (Å²) in [7, 11) is 0. The number of allylic oxidation sites excluding steroid dienone is 1. The zero-order chi connectivity index (χ0) is 8.10. The Kier molecular flexibility index (Phi) is 3.43. The van der Waals surface area contributed by atoms with Crippen LogP contribution in [0.3, 0.4) is 0 Å². The van der Waals surface area contributed by atoms with E-state index >= 15 is 0 Å². The topological polar surface area (TPSA) is 21.3 Å². The molecule has 1 rings (SSSR count). The largest absolute Gasteiger partial charge is 0.386 e. The third kappa shape index (κ3) is 3.42. The summed E-state index contributed by atoms with van der Waals surface area (Å²) in [6.45, 7) is 7.61. The molecule has 0 aromatic heterocycles. The van der Waals surface area contributed by atoms with Crippen LogP contribution >= 0.6 is 0 Å². The summed E-state index contributed by atoms with van der Waals surface area (Å²) in [5.41, 5.74) is 1.03. The molecule has 0 unspecified atom stereocenters. The zero-order valence-electron chi connectivity index (χ0n) is 7.23. The van der Waals surface area contributed by atoms with Crippen molar-refractivity contribution in [2.24, 2.45) is 0 Å². The number of nitrogens with one attached hydrogen (secondary N) is 1. The standard InChI is InChI=1S/C9H17NO/c1-8(2)10-7-9-5-3-4-6-11-9/h9-10H,1,3-7H2,2H3/t9-/m1/s1. The van der Waals surface area contributed by atoms with Crippen molar-refractivity contribution in [1.82, 2.24) is 5.32 Å². The Hall–Kier alpha value is -0.500. The summed E-state index contributed by atoms with van der Waals surface area (Å²) >= 11 is 0. The molecule has 1 aliphatic rings. The van der Waals surface area contributed by atoms with E-state index in [0.29, 0.717) is 6.10 Å². The Morgan fingerprint density at radius 3 is 3.00 bits per heavy atom. The van der Waals surface area contributed by atoms with Crippen molar-refractivity contribution in [2.45, 2.75) is 32.3 Å². The predicted molar refractivity (Wildman–Crippen MR) is 46.4 cm³/mol. The highest BCUT2D eigenvalue weighted by Gasteiger charge is 2.12. The average molecular weight is 155 g/mol. The van der Waals surface area contributed by atoms with E-state index in [4.69, 9.17) is 4.74 Å². The van der Waals surface area contributed by atoms with E-state index in [2.05, 4.69) is 11.9 Å². The van der Waals surface area contributed by atoms with Gasteiger partial charge in [-0.15, -0.1) is 0 Å². The van der Waals surface area contributed by atoms with Gasteiger partial charge in [0.1, 0.15) is 0 Å². The van der Waals surface area contributed by atoms with Crippen LogP contribution in [0.15, 0.2) is 12.3 Å². The molecule has 0 amide bonds. The molecule has 11 heavy (non-hydrogen) atoms. The minimum Gasteiger partial charge on any atom is -0.386 e. The quantitative estimate of drug-likeness (QED) is 0.669. The van der Waals surface area contributed by atoms with Crippen LogP contribution in [-0.4, -0.2) is 19.3 Å². The number of rotatable bonds is 3. The Morgan fingerprint density at radius 2 is 2.45 bits per heavy atom. The van der Waals surface area contributed by atoms with E-state index in [-0.39, 0.29) is 0 Å². The van der Waals surface area contributed by atoms with Crippen LogP contribution < -0.4 is 5.32 Å². The molecule has 0 spiro atoms. The van der Waals surface area contributed by atoms with Gasteiger partial charge in [-0.1, -0.05) is 6.58 Å². The maximum atomic E-state index is 5.52. The molecular weight excluding hydrogens is 138 g/mol. The molecule has 1 N–H and O–H groups in total. The van der Waals surface area contributed by atoms with Crippen LogP contribution in [0.1, 0.15) is 26.2 Å². The highest BCUT2D eigenvalue weighted by Crippen LogP contribution is 2.11. The molecule has 1 aliphatic heterocycles. The summed E-state index contributed by atoms with van der Waals surface area (Å²) < 4.78 is 5.52. The first kappa shape index (κ1) is 8.60. The van der Waals surface area contributed by atoms with Crippen molar-refractivity contribution in [2.75, 3.05) is 13.2 Å². The Morgan fingerprint density at radius 1 is 1.64 bits per heavy atom. The lowest BCUT2D eigenvalue weighted by Gasteiger charge is -2.23. The molecular formula is C9H17NO. The van der Waals surface area contributed by atoms with Gasteiger partial charge in [-0.2, -0.15) is 0 Å². The molecule has 1 saturated heterocycles. The fourth-order valence-electron chi connectivity index (χ4n) is 1.26. The molecule has 0 saturated carbocycles. The summed E-state index contributed by atoms with van der Waals surface area (Å²) in [5, 5.41) is 3.20. The first-order chi connectivity index (χ1) is 5.29. The van der Waals surface area contributed by atoms with Crippen LogP contribution in [0.4, 0.5) is 0 Å². The summed E-state index contributed by atoms with van der Waals surface area (Å²) in [6.07, 6.45) is 4.15. The van der Waals surface area contributed by atoms with Crippen LogP contribution in [0, 0.1) is 0 Å². The van der Waals surface area contributed by atoms with Crippen molar-refractivity contribution in [3.8, 4) is 0 Å². The van der Waals surface area contributed by atoms with E-state index in [1.165, 1.54) is 19.3 Å². The van der Waals surface area contributed by atoms with Gasteiger partial charge in [0.05, 0.1) is 6.10 Å². The molecule has 0 aromatic carbocycles. The van der Waals surface area contributed by atoms with Gasteiger partial charge in [0.15, 0.2) is 0 Å². The van der Waals surface area contributed by atoms with E-state index in [1.807, 2.05) is 6.92 Å². The number of ether oxygens (including phenoxy) is 1. The Balaban J connectivity index is 2.09. The van der Waals surface area contributed by atoms with Crippen LogP contribution in [0.25, 0.3) is 0 Å². The second-order valence-corrected chi connectivity index (χ2v) is 3.15. The van der Waals surface area contributed by atoms with Gasteiger partial charge < -0.3 is 10.1 Å². The third-order valence-electron chi connectivity index (χ3n) is 1.91. The van der Waals surface area contributed by atoms with Gasteiger partial charge in [0, 0.05) is 18.8 Å². The lowest BCUT2D eigenvalue weighted by Crippen LogP contribution is -2.30. The van der Waals surface area contributed by atoms with Crippen molar-refractivity contribution in [3.63, 3.8) is 0 Å². The first-order valence-corrected chi connectivity index (χ1v) is 4.30. The maximum Gasteiger partial charge on any atom is 0.0747 e. The third-order valence-corrected chi connectivity index (χ3v) is 1.91. The van der Waals surface area contributed by atoms with Gasteiger partial charge in [-0.05, 0) is 26.2 Å². The van der Waals surface area contributed by atoms with Gasteiger partial charge in [-0.3, -0.25) is 0 Å². The van der Waals surface area contributed by atoms with Gasteiger partial charge >= 0.3 is 0 Å². The number of hydrogen-bond acceptors (Lipinski definition) is 2. The van der Waals surface area contributed by atoms with Crippen molar-refractivity contribution < 1.29 is 4.74 Å². The Labute approximate surface area is 68.6 Å². The zero-order valence-corrected chi connectivity index (χ0v) is 7.23. The van der Waals surface area contributed by atoms with Crippen molar-refractivity contribution in [3.05, 3.63) is 12.3 Å². The minimum atomic E-state index is 0.417. The van der Waals surface area contributed by atoms with Gasteiger partial charge in [0.2, 0.25) is 0 Å². The van der Waals surface area contributed by atoms with Crippen LogP contribution in [0.5, 0.6) is 0 Å². The normalized spacial score (nSPS) is 24.6. The highest BCUT2D eigenvalue weighted by molar-refractivity contribution is 4.85. The monoisotopic (exact) mass is 155 g/mol. The number of hydrogen-bond donors (Lipinski definition) is 1. The fourth-order valence-corrected chi connectivity index (χ4v) is 1.26. The second kappa shape index (κ2) is 4.39. The van der Waals surface area contributed by atoms with Crippen molar-refractivity contribution >= 4 is 0 Å². The molecule has 0 aromatic rings. The molecule has 2 heteroatoms. The minimum absolute atomic E-state index is 0.417. The maximum absolute atomic E-state index is 5.52. The lowest BCUT2D eigenvalue weighted by atomic mass is 10.1. The lowest BCUT2D eigenvalue weighted by molar-refractivity contribution is 0.0184. The SMILES string of the molecule is C=C(C)NC[C@H]1CCCCO1. The smallest absolute Gasteiger partial charge is 0.0747 e. The molecule has 0 bridgehead atoms. The molecule has 1 fully saturated rings. The van der Waals surface area contributed by atoms with E-state index in [0.717, 1.165) is 18.8 Å². The fraction of sp³-hybridized carbons (Fsp3) is 0.778.